The van der Waals surface area contributed by atoms with Crippen LogP contribution < -0.4 is 20.3 Å². The van der Waals surface area contributed by atoms with Crippen LogP contribution in [0.4, 0.5) is 10.5 Å². The first-order valence-corrected chi connectivity index (χ1v) is 8.59. The lowest BCUT2D eigenvalue weighted by Gasteiger charge is -2.17. The summed E-state index contributed by atoms with van der Waals surface area (Å²) in [5.41, 5.74) is 2.99. The molecule has 0 aromatic heterocycles. The highest BCUT2D eigenvalue weighted by Crippen LogP contribution is 2.22. The number of carbonyl (C=O) groups excluding carboxylic acids is 2. The van der Waals surface area contributed by atoms with Crippen LogP contribution in [-0.4, -0.2) is 31.6 Å². The Hall–Kier alpha value is -3.02. The van der Waals surface area contributed by atoms with E-state index in [1.807, 2.05) is 55.5 Å². The molecule has 2 N–H and O–H groups in total. The van der Waals surface area contributed by atoms with Crippen LogP contribution in [0.5, 0.6) is 5.75 Å². The summed E-state index contributed by atoms with van der Waals surface area (Å²) >= 11 is 0. The van der Waals surface area contributed by atoms with Gasteiger partial charge in [-0.15, -0.1) is 0 Å². The van der Waals surface area contributed by atoms with Gasteiger partial charge < -0.3 is 20.3 Å². The van der Waals surface area contributed by atoms with Crippen molar-refractivity contribution < 1.29 is 14.3 Å². The fourth-order valence-corrected chi connectivity index (χ4v) is 2.94. The molecule has 1 fully saturated rings. The predicted octanol–water partition coefficient (Wildman–Crippen LogP) is 2.61. The Balaban J connectivity index is 1.50. The Morgan fingerprint density at radius 1 is 1.15 bits per heavy atom. The van der Waals surface area contributed by atoms with Crippen molar-refractivity contribution in [2.24, 2.45) is 0 Å². The third kappa shape index (κ3) is 4.33. The molecule has 0 spiro atoms. The third-order valence-corrected chi connectivity index (χ3v) is 4.42. The molecule has 0 bridgehead atoms. The van der Waals surface area contributed by atoms with Crippen LogP contribution in [0, 0.1) is 6.92 Å². The van der Waals surface area contributed by atoms with Gasteiger partial charge in [0.25, 0.3) is 0 Å². The van der Waals surface area contributed by atoms with Crippen molar-refractivity contribution in [3.63, 3.8) is 0 Å². The fourth-order valence-electron chi connectivity index (χ4n) is 2.94. The van der Waals surface area contributed by atoms with E-state index in [0.29, 0.717) is 19.5 Å². The lowest BCUT2D eigenvalue weighted by atomic mass is 10.2. The van der Waals surface area contributed by atoms with Gasteiger partial charge in [0.15, 0.2) is 0 Å². The Bertz CT molecular complexity index is 772. The number of amides is 3. The lowest BCUT2D eigenvalue weighted by Crippen LogP contribution is -2.43. The smallest absolute Gasteiger partial charge is 0.315 e. The maximum Gasteiger partial charge on any atom is 0.315 e. The highest BCUT2D eigenvalue weighted by molar-refractivity contribution is 5.96. The normalized spacial score (nSPS) is 16.5. The number of hydrogen-bond donors (Lipinski definition) is 2. The molecule has 0 saturated carbocycles. The Morgan fingerprint density at radius 2 is 1.85 bits per heavy atom. The SMILES string of the molecule is COc1ccc(CNC(=O)N[C@H]2CC(=O)N(c3ccc(C)cc3)C2)cc1. The van der Waals surface area contributed by atoms with Gasteiger partial charge in [-0.05, 0) is 36.8 Å². The van der Waals surface area contributed by atoms with Crippen molar-refractivity contribution in [3.05, 3.63) is 59.7 Å². The molecule has 0 unspecified atom stereocenters. The molecule has 1 heterocycles. The molecule has 26 heavy (non-hydrogen) atoms. The number of anilines is 1. The van der Waals surface area contributed by atoms with Gasteiger partial charge in [-0.2, -0.15) is 0 Å². The van der Waals surface area contributed by atoms with Gasteiger partial charge in [-0.25, -0.2) is 4.79 Å². The van der Waals surface area contributed by atoms with Gasteiger partial charge in [0.2, 0.25) is 5.91 Å². The number of nitrogens with one attached hydrogen (secondary N) is 2. The number of urea groups is 1. The van der Waals surface area contributed by atoms with E-state index in [1.165, 1.54) is 0 Å². The number of ether oxygens (including phenoxy) is 1. The monoisotopic (exact) mass is 353 g/mol. The number of benzene rings is 2. The van der Waals surface area contributed by atoms with Crippen molar-refractivity contribution >= 4 is 17.6 Å². The summed E-state index contributed by atoms with van der Waals surface area (Å²) in [6.07, 6.45) is 0.309. The number of aryl methyl sites for hydroxylation is 1. The first kappa shape index (κ1) is 17.8. The van der Waals surface area contributed by atoms with Crippen LogP contribution in [0.25, 0.3) is 0 Å². The van der Waals surface area contributed by atoms with E-state index >= 15 is 0 Å². The molecule has 3 amide bonds. The van der Waals surface area contributed by atoms with Crippen molar-refractivity contribution in [3.8, 4) is 5.75 Å². The van der Waals surface area contributed by atoms with Crippen molar-refractivity contribution in [1.82, 2.24) is 10.6 Å². The molecule has 0 aliphatic carbocycles. The summed E-state index contributed by atoms with van der Waals surface area (Å²) in [5.74, 6) is 0.799. The summed E-state index contributed by atoms with van der Waals surface area (Å²) in [7, 11) is 1.61. The van der Waals surface area contributed by atoms with Crippen LogP contribution in [0.3, 0.4) is 0 Å². The van der Waals surface area contributed by atoms with Crippen LogP contribution >= 0.6 is 0 Å². The second-order valence-electron chi connectivity index (χ2n) is 6.42. The minimum absolute atomic E-state index is 0.0225. The van der Waals surface area contributed by atoms with Crippen LogP contribution in [0.1, 0.15) is 17.5 Å². The van der Waals surface area contributed by atoms with E-state index in [0.717, 1.165) is 22.6 Å². The minimum Gasteiger partial charge on any atom is -0.497 e. The highest BCUT2D eigenvalue weighted by atomic mass is 16.5. The molecule has 136 valence electrons. The minimum atomic E-state index is -0.274. The standard InChI is InChI=1S/C20H23N3O3/c1-14-3-7-17(8-4-14)23-13-16(11-19(23)24)22-20(25)21-12-15-5-9-18(26-2)10-6-15/h3-10,16H,11-13H2,1-2H3,(H2,21,22,25)/t16-/m0/s1. The molecule has 0 radical (unpaired) electrons. The van der Waals surface area contributed by atoms with Crippen molar-refractivity contribution in [2.75, 3.05) is 18.6 Å². The Labute approximate surface area is 153 Å². The van der Waals surface area contributed by atoms with Crippen LogP contribution in [0.2, 0.25) is 0 Å². The molecule has 1 aliphatic heterocycles. The predicted molar refractivity (Wildman–Crippen MR) is 100 cm³/mol. The maximum absolute atomic E-state index is 12.2. The maximum atomic E-state index is 12.2. The topological polar surface area (TPSA) is 70.7 Å². The van der Waals surface area contributed by atoms with Gasteiger partial charge in [-0.1, -0.05) is 29.8 Å². The first-order chi connectivity index (χ1) is 12.5. The van der Waals surface area contributed by atoms with E-state index in [4.69, 9.17) is 4.74 Å². The van der Waals surface area contributed by atoms with Crippen molar-refractivity contribution in [1.29, 1.82) is 0 Å². The van der Waals surface area contributed by atoms with E-state index < -0.39 is 0 Å². The zero-order chi connectivity index (χ0) is 18.5. The first-order valence-electron chi connectivity index (χ1n) is 8.59. The average Bonchev–Trinajstić information content (AvgIpc) is 3.01. The number of nitrogens with zero attached hydrogens (tertiary/aromatic N) is 1. The Kier molecular flexibility index (Phi) is 5.41. The van der Waals surface area contributed by atoms with Gasteiger partial charge in [0.05, 0.1) is 13.2 Å². The molecule has 2 aromatic carbocycles. The summed E-state index contributed by atoms with van der Waals surface area (Å²) < 4.78 is 5.11. The second kappa shape index (κ2) is 7.91. The summed E-state index contributed by atoms with van der Waals surface area (Å²) in [4.78, 5) is 26.1. The van der Waals surface area contributed by atoms with E-state index in [9.17, 15) is 9.59 Å². The average molecular weight is 353 g/mol. The third-order valence-electron chi connectivity index (χ3n) is 4.42. The van der Waals surface area contributed by atoms with E-state index in [-0.39, 0.29) is 18.0 Å². The molecule has 1 atom stereocenters. The number of methoxy groups -OCH3 is 1. The van der Waals surface area contributed by atoms with Gasteiger partial charge >= 0.3 is 6.03 Å². The number of hydrogen-bond acceptors (Lipinski definition) is 3. The molecule has 2 aromatic rings. The van der Waals surface area contributed by atoms with Crippen molar-refractivity contribution in [2.45, 2.75) is 25.9 Å². The van der Waals surface area contributed by atoms with E-state index in [1.54, 1.807) is 12.0 Å². The molecule has 3 rings (SSSR count). The Morgan fingerprint density at radius 3 is 2.50 bits per heavy atom. The van der Waals surface area contributed by atoms with Crippen LogP contribution in [-0.2, 0) is 11.3 Å². The second-order valence-corrected chi connectivity index (χ2v) is 6.42. The molecule has 6 heteroatoms. The van der Waals surface area contributed by atoms with E-state index in [2.05, 4.69) is 10.6 Å². The summed E-state index contributed by atoms with van der Waals surface area (Å²) in [6.45, 7) is 2.91. The van der Waals surface area contributed by atoms with Crippen LogP contribution in [0.15, 0.2) is 48.5 Å². The van der Waals surface area contributed by atoms with Gasteiger partial charge in [-0.3, -0.25) is 4.79 Å². The molecular formula is C20H23N3O3. The molecular weight excluding hydrogens is 330 g/mol. The molecule has 1 saturated heterocycles. The van der Waals surface area contributed by atoms with Gasteiger partial charge in [0, 0.05) is 25.2 Å². The summed E-state index contributed by atoms with van der Waals surface area (Å²) in [6, 6.07) is 14.8. The zero-order valence-electron chi connectivity index (χ0n) is 15.0. The number of rotatable bonds is 5. The van der Waals surface area contributed by atoms with Gasteiger partial charge in [0.1, 0.15) is 5.75 Å². The zero-order valence-corrected chi connectivity index (χ0v) is 15.0. The molecule has 6 nitrogen and oxygen atoms in total. The largest absolute Gasteiger partial charge is 0.497 e. The number of carbonyl (C=O) groups is 2. The fraction of sp³-hybridized carbons (Fsp3) is 0.300. The lowest BCUT2D eigenvalue weighted by molar-refractivity contribution is -0.117. The highest BCUT2D eigenvalue weighted by Gasteiger charge is 2.31. The quantitative estimate of drug-likeness (QED) is 0.868. The molecule has 1 aliphatic rings. The summed E-state index contributed by atoms with van der Waals surface area (Å²) in [5, 5.41) is 5.70.